The molecule has 5 rings (SSSR count). The maximum absolute atomic E-state index is 14.1. The van der Waals surface area contributed by atoms with Gasteiger partial charge in [-0.05, 0) is 12.1 Å². The van der Waals surface area contributed by atoms with E-state index in [2.05, 4.69) is 25.5 Å². The van der Waals surface area contributed by atoms with Crippen molar-refractivity contribution in [2.45, 2.75) is 43.1 Å². The Bertz CT molecular complexity index is 1060. The topological polar surface area (TPSA) is 107 Å². The number of fused-ring (bicyclic) bond motifs is 2. The minimum atomic E-state index is -2.80. The lowest BCUT2D eigenvalue weighted by molar-refractivity contribution is -0.0492. The van der Waals surface area contributed by atoms with E-state index >= 15 is 0 Å². The molecule has 4 heterocycles. The van der Waals surface area contributed by atoms with E-state index in [4.69, 9.17) is 9.47 Å². The van der Waals surface area contributed by atoms with Crippen molar-refractivity contribution in [3.8, 4) is 28.7 Å². The fourth-order valence-electron chi connectivity index (χ4n) is 4.26. The largest absolute Gasteiger partial charge is 0.507 e. The predicted molar refractivity (Wildman–Crippen MR) is 104 cm³/mol. The zero-order valence-electron chi connectivity index (χ0n) is 16.5. The average Bonchev–Trinajstić information content (AvgIpc) is 3.36. The Balaban J connectivity index is 1.33. The number of aromatic nitrogens is 5. The maximum atomic E-state index is 14.1. The SMILES string of the molecule is CO[C@H]1C2CC(F)(F)C(C[C@@H]1Oc1cnc(-c3ccc(-n4ccnc4)cc3O)nn1)N2. The molecular formula is C20H20F2N6O3. The molecule has 31 heavy (non-hydrogen) atoms. The fraction of sp³-hybridized carbons (Fsp3) is 0.400. The van der Waals surface area contributed by atoms with Gasteiger partial charge in [-0.25, -0.2) is 18.7 Å². The Morgan fingerprint density at radius 3 is 2.84 bits per heavy atom. The molecule has 9 nitrogen and oxygen atoms in total. The first kappa shape index (κ1) is 19.8. The van der Waals surface area contributed by atoms with Crippen LogP contribution >= 0.6 is 0 Å². The van der Waals surface area contributed by atoms with Gasteiger partial charge in [0.2, 0.25) is 0 Å². The van der Waals surface area contributed by atoms with Crippen molar-refractivity contribution >= 4 is 0 Å². The van der Waals surface area contributed by atoms with Crippen LogP contribution in [0.2, 0.25) is 0 Å². The van der Waals surface area contributed by atoms with Gasteiger partial charge in [-0.15, -0.1) is 10.2 Å². The molecule has 1 aromatic carbocycles. The van der Waals surface area contributed by atoms with Gasteiger partial charge in [0.05, 0.1) is 29.8 Å². The van der Waals surface area contributed by atoms with Crippen molar-refractivity contribution in [2.24, 2.45) is 0 Å². The molecule has 4 atom stereocenters. The zero-order chi connectivity index (χ0) is 21.6. The van der Waals surface area contributed by atoms with Crippen molar-refractivity contribution in [1.29, 1.82) is 0 Å². The zero-order valence-corrected chi connectivity index (χ0v) is 16.5. The summed E-state index contributed by atoms with van der Waals surface area (Å²) in [5.41, 5.74) is 1.13. The molecule has 2 unspecified atom stereocenters. The van der Waals surface area contributed by atoms with Crippen molar-refractivity contribution in [3.63, 3.8) is 0 Å². The van der Waals surface area contributed by atoms with Gasteiger partial charge in [-0.2, -0.15) is 0 Å². The van der Waals surface area contributed by atoms with Crippen LogP contribution in [0.1, 0.15) is 12.8 Å². The molecule has 3 aromatic rings. The molecule has 2 N–H and O–H groups in total. The summed E-state index contributed by atoms with van der Waals surface area (Å²) in [6.07, 6.45) is 5.05. The van der Waals surface area contributed by atoms with E-state index in [0.717, 1.165) is 5.69 Å². The summed E-state index contributed by atoms with van der Waals surface area (Å²) >= 11 is 0. The van der Waals surface area contributed by atoms with Crippen molar-refractivity contribution in [1.82, 2.24) is 30.0 Å². The van der Waals surface area contributed by atoms with E-state index in [1.54, 1.807) is 41.5 Å². The van der Waals surface area contributed by atoms with Gasteiger partial charge in [0.25, 0.3) is 11.8 Å². The minimum Gasteiger partial charge on any atom is -0.507 e. The number of piperidine rings is 1. The number of benzene rings is 1. The number of ether oxygens (including phenoxy) is 2. The summed E-state index contributed by atoms with van der Waals surface area (Å²) in [7, 11) is 1.47. The van der Waals surface area contributed by atoms with E-state index in [9.17, 15) is 13.9 Å². The number of nitrogens with zero attached hydrogens (tertiary/aromatic N) is 5. The Kier molecular flexibility index (Phi) is 4.78. The molecule has 2 aliphatic heterocycles. The molecule has 0 radical (unpaired) electrons. The number of phenolic OH excluding ortho intramolecular Hbond substituents is 1. The number of rotatable bonds is 5. The first-order chi connectivity index (χ1) is 14.9. The van der Waals surface area contributed by atoms with Crippen molar-refractivity contribution < 1.29 is 23.4 Å². The maximum Gasteiger partial charge on any atom is 0.264 e. The van der Waals surface area contributed by atoms with Crippen LogP contribution in [0.4, 0.5) is 8.78 Å². The highest BCUT2D eigenvalue weighted by Crippen LogP contribution is 2.41. The van der Waals surface area contributed by atoms with Crippen LogP contribution in [0.15, 0.2) is 43.1 Å². The molecule has 0 saturated carbocycles. The fourth-order valence-corrected chi connectivity index (χ4v) is 4.26. The second kappa shape index (κ2) is 7.50. The summed E-state index contributed by atoms with van der Waals surface area (Å²) in [6, 6.07) is 3.59. The number of hydrogen-bond donors (Lipinski definition) is 2. The molecule has 162 valence electrons. The summed E-state index contributed by atoms with van der Waals surface area (Å²) in [4.78, 5) is 8.20. The van der Waals surface area contributed by atoms with Crippen LogP contribution < -0.4 is 10.1 Å². The van der Waals surface area contributed by atoms with Gasteiger partial charge in [-0.1, -0.05) is 0 Å². The standard InChI is InChI=1S/C20H20F2N6O3/c1-30-18-13-8-20(21,22)16(25-13)7-15(18)31-17-9-24-19(27-26-17)12-3-2-11(6-14(12)29)28-5-4-23-10-28/h2-6,9-10,13,15-16,18,25,29H,7-8H2,1H3/t13?,15-,16?,18-/m0/s1. The number of hydrogen-bond acceptors (Lipinski definition) is 8. The van der Waals surface area contributed by atoms with Crippen LogP contribution in [0.3, 0.4) is 0 Å². The highest BCUT2D eigenvalue weighted by atomic mass is 19.3. The van der Waals surface area contributed by atoms with E-state index < -0.39 is 30.2 Å². The molecular weight excluding hydrogens is 410 g/mol. The van der Waals surface area contributed by atoms with Crippen molar-refractivity contribution in [3.05, 3.63) is 43.1 Å². The predicted octanol–water partition coefficient (Wildman–Crippen LogP) is 1.96. The highest BCUT2D eigenvalue weighted by molar-refractivity contribution is 5.65. The van der Waals surface area contributed by atoms with Crippen LogP contribution in [0, 0.1) is 0 Å². The smallest absolute Gasteiger partial charge is 0.264 e. The van der Waals surface area contributed by atoms with Gasteiger partial charge >= 0.3 is 0 Å². The number of methoxy groups -OCH3 is 1. The summed E-state index contributed by atoms with van der Waals surface area (Å²) in [5, 5.41) is 21.3. The molecule has 2 aliphatic rings. The Labute approximate surface area is 176 Å². The number of phenols is 1. The third-order valence-corrected chi connectivity index (χ3v) is 5.76. The molecule has 2 fully saturated rings. The van der Waals surface area contributed by atoms with Gasteiger partial charge < -0.3 is 24.5 Å². The number of imidazole rings is 1. The lowest BCUT2D eigenvalue weighted by Gasteiger charge is -2.35. The molecule has 2 bridgehead atoms. The summed E-state index contributed by atoms with van der Waals surface area (Å²) in [5.74, 6) is -2.50. The second-order valence-corrected chi connectivity index (χ2v) is 7.67. The van der Waals surface area contributed by atoms with E-state index in [1.165, 1.54) is 13.3 Å². The molecule has 0 spiro atoms. The molecule has 0 aliphatic carbocycles. The van der Waals surface area contributed by atoms with E-state index in [0.29, 0.717) is 5.56 Å². The van der Waals surface area contributed by atoms with Gasteiger partial charge in [0, 0.05) is 44.5 Å². The molecule has 0 amide bonds. The Morgan fingerprint density at radius 1 is 1.29 bits per heavy atom. The summed E-state index contributed by atoms with van der Waals surface area (Å²) in [6.45, 7) is 0. The van der Waals surface area contributed by atoms with Crippen LogP contribution in [0.5, 0.6) is 11.6 Å². The van der Waals surface area contributed by atoms with E-state index in [1.807, 2.05) is 0 Å². The molecule has 11 heteroatoms. The third-order valence-electron chi connectivity index (χ3n) is 5.76. The second-order valence-electron chi connectivity index (χ2n) is 7.67. The van der Waals surface area contributed by atoms with Crippen LogP contribution in [-0.4, -0.2) is 67.2 Å². The number of alkyl halides is 2. The summed E-state index contributed by atoms with van der Waals surface area (Å²) < 4.78 is 41.1. The third kappa shape index (κ3) is 3.59. The monoisotopic (exact) mass is 430 g/mol. The van der Waals surface area contributed by atoms with Gasteiger partial charge in [-0.3, -0.25) is 0 Å². The van der Waals surface area contributed by atoms with Crippen LogP contribution in [-0.2, 0) is 4.74 Å². The average molecular weight is 430 g/mol. The molecule has 2 saturated heterocycles. The van der Waals surface area contributed by atoms with Crippen LogP contribution in [0.25, 0.3) is 17.1 Å². The Hall–Kier alpha value is -3.18. The minimum absolute atomic E-state index is 0.0155. The first-order valence-electron chi connectivity index (χ1n) is 9.79. The van der Waals surface area contributed by atoms with Gasteiger partial charge in [0.1, 0.15) is 18.0 Å². The number of aromatic hydroxyl groups is 1. The lowest BCUT2D eigenvalue weighted by Crippen LogP contribution is -2.55. The van der Waals surface area contributed by atoms with Gasteiger partial charge in [0.15, 0.2) is 5.82 Å². The highest BCUT2D eigenvalue weighted by Gasteiger charge is 2.57. The number of halogens is 2. The van der Waals surface area contributed by atoms with E-state index in [-0.39, 0.29) is 30.3 Å². The quantitative estimate of drug-likeness (QED) is 0.633. The first-order valence-corrected chi connectivity index (χ1v) is 9.79. The lowest BCUT2D eigenvalue weighted by atomic mass is 9.99. The number of nitrogens with one attached hydrogen (secondary N) is 1. The van der Waals surface area contributed by atoms with Crippen molar-refractivity contribution in [2.75, 3.05) is 7.11 Å². The molecule has 2 aromatic heterocycles. The normalized spacial score (nSPS) is 26.7. The Morgan fingerprint density at radius 2 is 2.16 bits per heavy atom.